The molecular formula is C8H12N2OS. The van der Waals surface area contributed by atoms with Crippen molar-refractivity contribution in [3.05, 3.63) is 20.7 Å². The maximum atomic E-state index is 10.9. The highest BCUT2D eigenvalue weighted by Gasteiger charge is 2.32. The van der Waals surface area contributed by atoms with Crippen molar-refractivity contribution in [2.45, 2.75) is 31.2 Å². The fourth-order valence-electron chi connectivity index (χ4n) is 1.80. The third kappa shape index (κ3) is 1.21. The summed E-state index contributed by atoms with van der Waals surface area (Å²) in [5.41, 5.74) is 6.82. The SMILES string of the molecule is NC1(c2csc(=O)[nH]2)CCCC1. The minimum Gasteiger partial charge on any atom is -0.320 e. The molecule has 3 nitrogen and oxygen atoms in total. The fraction of sp³-hybridized carbons (Fsp3) is 0.625. The number of nitrogens with one attached hydrogen (secondary N) is 1. The molecule has 0 aliphatic heterocycles. The average molecular weight is 184 g/mol. The maximum absolute atomic E-state index is 10.9. The number of aromatic amines is 1. The van der Waals surface area contributed by atoms with Gasteiger partial charge in [-0.15, -0.1) is 0 Å². The van der Waals surface area contributed by atoms with Crippen molar-refractivity contribution in [3.8, 4) is 0 Å². The lowest BCUT2D eigenvalue weighted by molar-refractivity contribution is 0.449. The van der Waals surface area contributed by atoms with Crippen LogP contribution in [0.3, 0.4) is 0 Å². The summed E-state index contributed by atoms with van der Waals surface area (Å²) in [5, 5.41) is 1.85. The summed E-state index contributed by atoms with van der Waals surface area (Å²) in [7, 11) is 0. The lowest BCUT2D eigenvalue weighted by Crippen LogP contribution is -2.33. The second-order valence-corrected chi connectivity index (χ2v) is 4.27. The molecule has 0 atom stereocenters. The maximum Gasteiger partial charge on any atom is 0.304 e. The quantitative estimate of drug-likeness (QED) is 0.688. The molecule has 0 bridgehead atoms. The van der Waals surface area contributed by atoms with Crippen molar-refractivity contribution in [2.75, 3.05) is 0 Å². The normalized spacial score (nSPS) is 21.4. The number of rotatable bonds is 1. The molecule has 1 heterocycles. The van der Waals surface area contributed by atoms with Gasteiger partial charge in [-0.2, -0.15) is 0 Å². The van der Waals surface area contributed by atoms with Crippen molar-refractivity contribution in [2.24, 2.45) is 5.73 Å². The molecule has 1 aliphatic carbocycles. The summed E-state index contributed by atoms with van der Waals surface area (Å²) in [6.07, 6.45) is 4.35. The molecular weight excluding hydrogens is 172 g/mol. The molecule has 2 rings (SSSR count). The third-order valence-electron chi connectivity index (χ3n) is 2.55. The summed E-state index contributed by atoms with van der Waals surface area (Å²) in [5.74, 6) is 0. The van der Waals surface area contributed by atoms with E-state index >= 15 is 0 Å². The van der Waals surface area contributed by atoms with Gasteiger partial charge in [-0.1, -0.05) is 24.2 Å². The van der Waals surface area contributed by atoms with E-state index in [1.165, 1.54) is 24.2 Å². The number of H-pyrrole nitrogens is 1. The molecule has 1 aromatic rings. The Morgan fingerprint density at radius 2 is 2.17 bits per heavy atom. The number of aromatic nitrogens is 1. The first-order valence-electron chi connectivity index (χ1n) is 4.18. The minimum atomic E-state index is -0.237. The number of thiazole rings is 1. The molecule has 1 saturated carbocycles. The Kier molecular flexibility index (Phi) is 1.81. The average Bonchev–Trinajstić information content (AvgIpc) is 2.59. The Balaban J connectivity index is 2.34. The topological polar surface area (TPSA) is 58.9 Å². The summed E-state index contributed by atoms with van der Waals surface area (Å²) < 4.78 is 0. The van der Waals surface area contributed by atoms with E-state index in [1.807, 2.05) is 5.38 Å². The summed E-state index contributed by atoms with van der Waals surface area (Å²) in [6.45, 7) is 0. The van der Waals surface area contributed by atoms with Crippen molar-refractivity contribution in [1.82, 2.24) is 4.98 Å². The van der Waals surface area contributed by atoms with Crippen LogP contribution in [0.5, 0.6) is 0 Å². The van der Waals surface area contributed by atoms with Crippen molar-refractivity contribution >= 4 is 11.3 Å². The van der Waals surface area contributed by atoms with E-state index in [-0.39, 0.29) is 10.4 Å². The predicted molar refractivity (Wildman–Crippen MR) is 49.3 cm³/mol. The standard InChI is InChI=1S/C8H12N2OS/c9-8(3-1-2-4-8)6-5-12-7(11)10-6/h5H,1-4,9H2,(H,10,11). The Labute approximate surface area is 74.6 Å². The summed E-state index contributed by atoms with van der Waals surface area (Å²) in [4.78, 5) is 13.7. The molecule has 12 heavy (non-hydrogen) atoms. The Morgan fingerprint density at radius 1 is 1.50 bits per heavy atom. The van der Waals surface area contributed by atoms with Gasteiger partial charge in [-0.05, 0) is 12.8 Å². The number of hydrogen-bond donors (Lipinski definition) is 2. The van der Waals surface area contributed by atoms with Crippen LogP contribution in [-0.2, 0) is 5.54 Å². The Morgan fingerprint density at radius 3 is 2.67 bits per heavy atom. The van der Waals surface area contributed by atoms with Gasteiger partial charge < -0.3 is 10.7 Å². The van der Waals surface area contributed by atoms with Gasteiger partial charge in [0.2, 0.25) is 0 Å². The van der Waals surface area contributed by atoms with Crippen molar-refractivity contribution in [1.29, 1.82) is 0 Å². The van der Waals surface area contributed by atoms with E-state index in [9.17, 15) is 4.79 Å². The Bertz CT molecular complexity index is 322. The fourth-order valence-corrected chi connectivity index (χ4v) is 2.49. The zero-order chi connectivity index (χ0) is 8.60. The molecule has 0 unspecified atom stereocenters. The van der Waals surface area contributed by atoms with Crippen LogP contribution in [0.2, 0.25) is 0 Å². The smallest absolute Gasteiger partial charge is 0.304 e. The van der Waals surface area contributed by atoms with Crippen molar-refractivity contribution < 1.29 is 0 Å². The molecule has 66 valence electrons. The molecule has 0 radical (unpaired) electrons. The highest BCUT2D eigenvalue weighted by atomic mass is 32.1. The predicted octanol–water partition coefficient (Wildman–Crippen LogP) is 1.16. The van der Waals surface area contributed by atoms with Gasteiger partial charge >= 0.3 is 4.87 Å². The zero-order valence-corrected chi connectivity index (χ0v) is 7.62. The van der Waals surface area contributed by atoms with Gasteiger partial charge in [-0.3, -0.25) is 4.79 Å². The molecule has 0 aromatic carbocycles. The zero-order valence-electron chi connectivity index (χ0n) is 6.80. The molecule has 3 N–H and O–H groups in total. The molecule has 4 heteroatoms. The summed E-state index contributed by atoms with van der Waals surface area (Å²) in [6, 6.07) is 0. The van der Waals surface area contributed by atoms with Crippen LogP contribution in [-0.4, -0.2) is 4.98 Å². The van der Waals surface area contributed by atoms with Gasteiger partial charge in [0.1, 0.15) is 0 Å². The van der Waals surface area contributed by atoms with Crippen LogP contribution in [0.15, 0.2) is 10.2 Å². The van der Waals surface area contributed by atoms with Crippen LogP contribution >= 0.6 is 11.3 Å². The van der Waals surface area contributed by atoms with E-state index in [2.05, 4.69) is 4.98 Å². The summed E-state index contributed by atoms with van der Waals surface area (Å²) >= 11 is 1.20. The molecule has 0 amide bonds. The van der Waals surface area contributed by atoms with Gasteiger partial charge in [0.15, 0.2) is 0 Å². The van der Waals surface area contributed by atoms with E-state index < -0.39 is 0 Å². The van der Waals surface area contributed by atoms with Crippen LogP contribution in [0.4, 0.5) is 0 Å². The molecule has 1 aliphatic rings. The second kappa shape index (κ2) is 2.71. The molecule has 1 aromatic heterocycles. The first kappa shape index (κ1) is 8.01. The van der Waals surface area contributed by atoms with E-state index in [0.717, 1.165) is 18.5 Å². The monoisotopic (exact) mass is 184 g/mol. The Hall–Kier alpha value is -0.610. The van der Waals surface area contributed by atoms with E-state index in [1.54, 1.807) is 0 Å². The van der Waals surface area contributed by atoms with Gasteiger partial charge in [-0.25, -0.2) is 0 Å². The molecule has 0 spiro atoms. The van der Waals surface area contributed by atoms with Gasteiger partial charge in [0, 0.05) is 11.1 Å². The van der Waals surface area contributed by atoms with Crippen LogP contribution < -0.4 is 10.6 Å². The van der Waals surface area contributed by atoms with Gasteiger partial charge in [0.25, 0.3) is 0 Å². The van der Waals surface area contributed by atoms with E-state index in [0.29, 0.717) is 0 Å². The largest absolute Gasteiger partial charge is 0.320 e. The number of hydrogen-bond acceptors (Lipinski definition) is 3. The highest BCUT2D eigenvalue weighted by molar-refractivity contribution is 7.07. The van der Waals surface area contributed by atoms with Gasteiger partial charge in [0.05, 0.1) is 5.54 Å². The second-order valence-electron chi connectivity index (χ2n) is 3.43. The van der Waals surface area contributed by atoms with E-state index in [4.69, 9.17) is 5.73 Å². The van der Waals surface area contributed by atoms with Crippen LogP contribution in [0, 0.1) is 0 Å². The highest BCUT2D eigenvalue weighted by Crippen LogP contribution is 2.35. The molecule has 0 saturated heterocycles. The van der Waals surface area contributed by atoms with Crippen LogP contribution in [0.25, 0.3) is 0 Å². The third-order valence-corrected chi connectivity index (χ3v) is 3.22. The van der Waals surface area contributed by atoms with Crippen LogP contribution in [0.1, 0.15) is 31.4 Å². The lowest BCUT2D eigenvalue weighted by atomic mass is 9.96. The molecule has 1 fully saturated rings. The number of nitrogens with two attached hydrogens (primary N) is 1. The van der Waals surface area contributed by atoms with Crippen molar-refractivity contribution in [3.63, 3.8) is 0 Å². The first-order chi connectivity index (χ1) is 5.71. The lowest BCUT2D eigenvalue weighted by Gasteiger charge is -2.20. The first-order valence-corrected chi connectivity index (χ1v) is 5.06. The minimum absolute atomic E-state index is 0.00160.